The lowest BCUT2D eigenvalue weighted by atomic mass is 10.0. The predicted octanol–water partition coefficient (Wildman–Crippen LogP) is 5.37. The Hall–Kier alpha value is -2.30. The Morgan fingerprint density at radius 2 is 1.68 bits per heavy atom. The lowest BCUT2D eigenvalue weighted by Crippen LogP contribution is -2.04. The molecule has 2 nitrogen and oxygen atoms in total. The molecule has 22 heavy (non-hydrogen) atoms. The molecular weight excluding hydrogens is 289 g/mol. The van der Waals surface area contributed by atoms with E-state index in [0.29, 0.717) is 22.8 Å². The largest absolute Gasteiger partial charge is 0.416 e. The number of aromatic nitrogens is 2. The highest BCUT2D eigenvalue weighted by molar-refractivity contribution is 5.80. The molecule has 0 saturated heterocycles. The highest BCUT2D eigenvalue weighted by atomic mass is 19.4. The van der Waals surface area contributed by atoms with Crippen LogP contribution >= 0.6 is 0 Å². The normalized spacial score (nSPS) is 12.3. The lowest BCUT2D eigenvalue weighted by molar-refractivity contribution is -0.137. The van der Waals surface area contributed by atoms with Crippen LogP contribution in [0.3, 0.4) is 0 Å². The number of alkyl halides is 3. The first kappa shape index (κ1) is 14.6. The van der Waals surface area contributed by atoms with E-state index in [1.54, 1.807) is 0 Å². The molecule has 0 atom stereocenters. The summed E-state index contributed by atoms with van der Waals surface area (Å²) in [4.78, 5) is 7.32. The Labute approximate surface area is 126 Å². The van der Waals surface area contributed by atoms with Gasteiger partial charge in [-0.15, -0.1) is 0 Å². The van der Waals surface area contributed by atoms with Gasteiger partial charge in [0.1, 0.15) is 5.82 Å². The summed E-state index contributed by atoms with van der Waals surface area (Å²) in [5.74, 6) is 1.00. The second-order valence-corrected chi connectivity index (χ2v) is 5.59. The molecule has 0 amide bonds. The molecule has 0 bridgehead atoms. The second kappa shape index (κ2) is 5.16. The van der Waals surface area contributed by atoms with E-state index < -0.39 is 11.7 Å². The SMILES string of the molecule is CC(C)c1ccc(-c2nc3ccc(C(F)(F)F)cc3[nH]2)cc1. The molecule has 0 aliphatic rings. The van der Waals surface area contributed by atoms with Crippen LogP contribution in [-0.4, -0.2) is 9.97 Å². The minimum absolute atomic E-state index is 0.387. The molecule has 0 spiro atoms. The molecule has 2 aromatic carbocycles. The van der Waals surface area contributed by atoms with Crippen molar-refractivity contribution in [2.24, 2.45) is 0 Å². The van der Waals surface area contributed by atoms with Crippen molar-refractivity contribution in [1.29, 1.82) is 0 Å². The van der Waals surface area contributed by atoms with Gasteiger partial charge in [0.25, 0.3) is 0 Å². The van der Waals surface area contributed by atoms with E-state index in [0.717, 1.165) is 17.7 Å². The molecular formula is C17H15F3N2. The van der Waals surface area contributed by atoms with Gasteiger partial charge >= 0.3 is 6.18 Å². The van der Waals surface area contributed by atoms with Gasteiger partial charge < -0.3 is 4.98 Å². The summed E-state index contributed by atoms with van der Waals surface area (Å²) in [6.07, 6.45) is -4.35. The Balaban J connectivity index is 2.01. The highest BCUT2D eigenvalue weighted by Crippen LogP contribution is 2.31. The summed E-state index contributed by atoms with van der Waals surface area (Å²) in [7, 11) is 0. The first-order valence-electron chi connectivity index (χ1n) is 7.02. The van der Waals surface area contributed by atoms with Gasteiger partial charge in [-0.05, 0) is 29.7 Å². The van der Waals surface area contributed by atoms with Crippen LogP contribution in [0.5, 0.6) is 0 Å². The van der Waals surface area contributed by atoms with Crippen LogP contribution in [-0.2, 0) is 6.18 Å². The number of nitrogens with one attached hydrogen (secondary N) is 1. The fourth-order valence-electron chi connectivity index (χ4n) is 2.35. The molecule has 0 saturated carbocycles. The van der Waals surface area contributed by atoms with E-state index in [1.807, 2.05) is 24.3 Å². The number of rotatable bonds is 2. The van der Waals surface area contributed by atoms with Crippen LogP contribution in [0.25, 0.3) is 22.4 Å². The molecule has 0 unspecified atom stereocenters. The third-order valence-corrected chi connectivity index (χ3v) is 3.66. The quantitative estimate of drug-likeness (QED) is 0.677. The number of benzene rings is 2. The average Bonchev–Trinajstić information content (AvgIpc) is 2.89. The molecule has 1 heterocycles. The van der Waals surface area contributed by atoms with Crippen molar-refractivity contribution in [2.45, 2.75) is 25.9 Å². The fraction of sp³-hybridized carbons (Fsp3) is 0.235. The van der Waals surface area contributed by atoms with Crippen molar-refractivity contribution in [1.82, 2.24) is 9.97 Å². The van der Waals surface area contributed by atoms with Crippen molar-refractivity contribution in [3.8, 4) is 11.4 Å². The zero-order valence-electron chi connectivity index (χ0n) is 12.2. The molecule has 5 heteroatoms. The van der Waals surface area contributed by atoms with Crippen LogP contribution in [0.4, 0.5) is 13.2 Å². The van der Waals surface area contributed by atoms with Gasteiger partial charge in [-0.2, -0.15) is 13.2 Å². The molecule has 114 valence electrons. The minimum Gasteiger partial charge on any atom is -0.338 e. The van der Waals surface area contributed by atoms with Crippen molar-refractivity contribution in [3.63, 3.8) is 0 Å². The molecule has 0 radical (unpaired) electrons. The van der Waals surface area contributed by atoms with Gasteiger partial charge in [-0.25, -0.2) is 4.98 Å². The standard InChI is InChI=1S/C17H15F3N2/c1-10(2)11-3-5-12(6-4-11)16-21-14-8-7-13(17(18,19)20)9-15(14)22-16/h3-10H,1-2H3,(H,21,22). The topological polar surface area (TPSA) is 28.7 Å². The highest BCUT2D eigenvalue weighted by Gasteiger charge is 2.30. The number of hydrogen-bond acceptors (Lipinski definition) is 1. The van der Waals surface area contributed by atoms with Crippen LogP contribution in [0.2, 0.25) is 0 Å². The molecule has 0 aliphatic heterocycles. The summed E-state index contributed by atoms with van der Waals surface area (Å²) in [5.41, 5.74) is 2.30. The van der Waals surface area contributed by atoms with E-state index in [9.17, 15) is 13.2 Å². The Morgan fingerprint density at radius 3 is 2.27 bits per heavy atom. The maximum atomic E-state index is 12.7. The maximum Gasteiger partial charge on any atom is 0.416 e. The van der Waals surface area contributed by atoms with Crippen LogP contribution in [0.1, 0.15) is 30.9 Å². The number of halogens is 3. The first-order chi connectivity index (χ1) is 10.3. The van der Waals surface area contributed by atoms with Gasteiger partial charge in [0, 0.05) is 5.56 Å². The number of nitrogens with zero attached hydrogens (tertiary/aromatic N) is 1. The number of hydrogen-bond donors (Lipinski definition) is 1. The fourth-order valence-corrected chi connectivity index (χ4v) is 2.35. The van der Waals surface area contributed by atoms with E-state index in [-0.39, 0.29) is 0 Å². The zero-order valence-corrected chi connectivity index (χ0v) is 12.2. The zero-order chi connectivity index (χ0) is 15.9. The Bertz CT molecular complexity index is 799. The van der Waals surface area contributed by atoms with Crippen LogP contribution in [0, 0.1) is 0 Å². The summed E-state index contributed by atoms with van der Waals surface area (Å²) in [6, 6.07) is 11.4. The first-order valence-corrected chi connectivity index (χ1v) is 7.02. The number of H-pyrrole nitrogens is 1. The van der Waals surface area contributed by atoms with Crippen LogP contribution < -0.4 is 0 Å². The Morgan fingerprint density at radius 1 is 1.00 bits per heavy atom. The third kappa shape index (κ3) is 2.71. The van der Waals surface area contributed by atoms with Crippen molar-refractivity contribution >= 4 is 11.0 Å². The molecule has 0 aliphatic carbocycles. The molecule has 0 fully saturated rings. The van der Waals surface area contributed by atoms with E-state index >= 15 is 0 Å². The summed E-state index contributed by atoms with van der Waals surface area (Å²) < 4.78 is 38.2. The third-order valence-electron chi connectivity index (χ3n) is 3.66. The van der Waals surface area contributed by atoms with Gasteiger partial charge in [0.15, 0.2) is 0 Å². The molecule has 1 aromatic heterocycles. The molecule has 3 aromatic rings. The van der Waals surface area contributed by atoms with Gasteiger partial charge in [-0.3, -0.25) is 0 Å². The van der Waals surface area contributed by atoms with Crippen molar-refractivity contribution < 1.29 is 13.2 Å². The predicted molar refractivity (Wildman–Crippen MR) is 80.6 cm³/mol. The van der Waals surface area contributed by atoms with Gasteiger partial charge in [-0.1, -0.05) is 38.1 Å². The van der Waals surface area contributed by atoms with Crippen molar-refractivity contribution in [3.05, 3.63) is 53.6 Å². The van der Waals surface area contributed by atoms with E-state index in [4.69, 9.17) is 0 Å². The summed E-state index contributed by atoms with van der Waals surface area (Å²) >= 11 is 0. The van der Waals surface area contributed by atoms with Crippen molar-refractivity contribution in [2.75, 3.05) is 0 Å². The second-order valence-electron chi connectivity index (χ2n) is 5.59. The Kier molecular flexibility index (Phi) is 3.43. The lowest BCUT2D eigenvalue weighted by Gasteiger charge is -2.05. The number of fused-ring (bicyclic) bond motifs is 1. The minimum atomic E-state index is -4.35. The molecule has 3 rings (SSSR count). The monoisotopic (exact) mass is 304 g/mol. The van der Waals surface area contributed by atoms with Gasteiger partial charge in [0.2, 0.25) is 0 Å². The van der Waals surface area contributed by atoms with E-state index in [2.05, 4.69) is 23.8 Å². The van der Waals surface area contributed by atoms with Gasteiger partial charge in [0.05, 0.1) is 16.6 Å². The van der Waals surface area contributed by atoms with E-state index in [1.165, 1.54) is 11.6 Å². The molecule has 1 N–H and O–H groups in total. The summed E-state index contributed by atoms with van der Waals surface area (Å²) in [5, 5.41) is 0. The van der Waals surface area contributed by atoms with Crippen LogP contribution in [0.15, 0.2) is 42.5 Å². The smallest absolute Gasteiger partial charge is 0.338 e. The maximum absolute atomic E-state index is 12.7. The number of aromatic amines is 1. The number of imidazole rings is 1. The summed E-state index contributed by atoms with van der Waals surface area (Å²) in [6.45, 7) is 4.21. The average molecular weight is 304 g/mol.